The molecular weight excluding hydrogens is 197 g/mol. The number of halogens is 1. The molecule has 3 nitrogen and oxygen atoms in total. The SMILES string of the molecule is COC(=O)CNc1cc(C)c(F)c(C)c1. The van der Waals surface area contributed by atoms with Crippen molar-refractivity contribution < 1.29 is 13.9 Å². The molecule has 1 rings (SSSR count). The molecule has 1 aromatic rings. The minimum absolute atomic E-state index is 0.0843. The van der Waals surface area contributed by atoms with Gasteiger partial charge in [0, 0.05) is 5.69 Å². The van der Waals surface area contributed by atoms with Gasteiger partial charge in [0.2, 0.25) is 0 Å². The molecule has 0 saturated heterocycles. The lowest BCUT2D eigenvalue weighted by Gasteiger charge is -2.08. The lowest BCUT2D eigenvalue weighted by Crippen LogP contribution is -2.15. The number of carbonyl (C=O) groups is 1. The van der Waals surface area contributed by atoms with Crippen LogP contribution in [0, 0.1) is 19.7 Å². The maximum atomic E-state index is 13.3. The molecule has 0 aliphatic carbocycles. The number of carbonyl (C=O) groups excluding carboxylic acids is 1. The summed E-state index contributed by atoms with van der Waals surface area (Å²) in [6, 6.07) is 3.32. The van der Waals surface area contributed by atoms with Crippen molar-refractivity contribution in [1.82, 2.24) is 0 Å². The van der Waals surface area contributed by atoms with Crippen LogP contribution in [0.25, 0.3) is 0 Å². The smallest absolute Gasteiger partial charge is 0.325 e. The first-order valence-electron chi connectivity index (χ1n) is 4.62. The lowest BCUT2D eigenvalue weighted by molar-refractivity contribution is -0.138. The number of aryl methyl sites for hydroxylation is 2. The van der Waals surface area contributed by atoms with Crippen molar-refractivity contribution in [2.45, 2.75) is 13.8 Å². The highest BCUT2D eigenvalue weighted by Crippen LogP contribution is 2.18. The standard InChI is InChI=1S/C11H14FNO2/c1-7-4-9(5-8(2)11(7)12)13-6-10(14)15-3/h4-5,13H,6H2,1-3H3. The first-order valence-corrected chi connectivity index (χ1v) is 4.62. The average molecular weight is 211 g/mol. The summed E-state index contributed by atoms with van der Waals surface area (Å²) in [7, 11) is 1.32. The molecule has 0 spiro atoms. The fourth-order valence-electron chi connectivity index (χ4n) is 1.29. The molecule has 1 N–H and O–H groups in total. The van der Waals surface area contributed by atoms with E-state index in [0.717, 1.165) is 5.69 Å². The molecule has 0 atom stereocenters. The highest BCUT2D eigenvalue weighted by atomic mass is 19.1. The van der Waals surface area contributed by atoms with Crippen molar-refractivity contribution >= 4 is 11.7 Å². The van der Waals surface area contributed by atoms with Gasteiger partial charge in [0.15, 0.2) is 0 Å². The largest absolute Gasteiger partial charge is 0.468 e. The molecule has 82 valence electrons. The summed E-state index contributed by atoms with van der Waals surface area (Å²) in [5.41, 5.74) is 1.83. The number of methoxy groups -OCH3 is 1. The van der Waals surface area contributed by atoms with E-state index in [-0.39, 0.29) is 18.3 Å². The van der Waals surface area contributed by atoms with Crippen LogP contribution in [-0.4, -0.2) is 19.6 Å². The molecule has 0 unspecified atom stereocenters. The third-order valence-corrected chi connectivity index (χ3v) is 2.10. The monoisotopic (exact) mass is 211 g/mol. The fraction of sp³-hybridized carbons (Fsp3) is 0.364. The Hall–Kier alpha value is -1.58. The van der Waals surface area contributed by atoms with Crippen LogP contribution >= 0.6 is 0 Å². The Bertz CT molecular complexity index is 354. The van der Waals surface area contributed by atoms with Crippen LogP contribution in [0.3, 0.4) is 0 Å². The molecule has 0 saturated carbocycles. The fourth-order valence-corrected chi connectivity index (χ4v) is 1.29. The molecular formula is C11H14FNO2. The molecule has 0 heterocycles. The van der Waals surface area contributed by atoms with Crippen LogP contribution in [0.4, 0.5) is 10.1 Å². The molecule has 15 heavy (non-hydrogen) atoms. The summed E-state index contributed by atoms with van der Waals surface area (Å²) in [5.74, 6) is -0.562. The predicted octanol–water partition coefficient (Wildman–Crippen LogP) is 2.03. The van der Waals surface area contributed by atoms with Gasteiger partial charge < -0.3 is 10.1 Å². The Labute approximate surface area is 88.2 Å². The van der Waals surface area contributed by atoms with Crippen LogP contribution in [0.2, 0.25) is 0 Å². The molecule has 0 amide bonds. The van der Waals surface area contributed by atoms with Gasteiger partial charge >= 0.3 is 5.97 Å². The highest BCUT2D eigenvalue weighted by Gasteiger charge is 2.05. The predicted molar refractivity (Wildman–Crippen MR) is 56.4 cm³/mol. The van der Waals surface area contributed by atoms with Gasteiger partial charge in [0.05, 0.1) is 7.11 Å². The highest BCUT2D eigenvalue weighted by molar-refractivity contribution is 5.74. The van der Waals surface area contributed by atoms with Crippen molar-refractivity contribution in [3.8, 4) is 0 Å². The van der Waals surface area contributed by atoms with Gasteiger partial charge in [-0.1, -0.05) is 0 Å². The number of rotatable bonds is 3. The molecule has 0 radical (unpaired) electrons. The molecule has 0 aromatic heterocycles. The topological polar surface area (TPSA) is 38.3 Å². The Morgan fingerprint density at radius 3 is 2.40 bits per heavy atom. The number of benzene rings is 1. The van der Waals surface area contributed by atoms with E-state index in [4.69, 9.17) is 0 Å². The Balaban J connectivity index is 2.75. The summed E-state index contributed by atoms with van der Waals surface area (Å²) < 4.78 is 17.7. The molecule has 0 fully saturated rings. The summed E-state index contributed by atoms with van der Waals surface area (Å²) in [6.07, 6.45) is 0. The van der Waals surface area contributed by atoms with E-state index in [1.54, 1.807) is 26.0 Å². The quantitative estimate of drug-likeness (QED) is 0.777. The minimum Gasteiger partial charge on any atom is -0.468 e. The number of esters is 1. The lowest BCUT2D eigenvalue weighted by atomic mass is 10.1. The van der Waals surface area contributed by atoms with Gasteiger partial charge in [0.1, 0.15) is 12.4 Å². The van der Waals surface area contributed by atoms with E-state index in [1.165, 1.54) is 7.11 Å². The maximum absolute atomic E-state index is 13.3. The van der Waals surface area contributed by atoms with Crippen molar-refractivity contribution in [3.63, 3.8) is 0 Å². The second kappa shape index (κ2) is 4.77. The zero-order valence-corrected chi connectivity index (χ0v) is 9.06. The van der Waals surface area contributed by atoms with E-state index >= 15 is 0 Å². The molecule has 1 aromatic carbocycles. The Morgan fingerprint density at radius 1 is 1.40 bits per heavy atom. The molecule has 0 aliphatic heterocycles. The summed E-state index contributed by atoms with van der Waals surface area (Å²) in [5, 5.41) is 2.86. The second-order valence-corrected chi connectivity index (χ2v) is 3.35. The Morgan fingerprint density at radius 2 is 1.93 bits per heavy atom. The van der Waals surface area contributed by atoms with Gasteiger partial charge in [-0.15, -0.1) is 0 Å². The number of hydrogen-bond donors (Lipinski definition) is 1. The third kappa shape index (κ3) is 2.94. The van der Waals surface area contributed by atoms with E-state index in [0.29, 0.717) is 11.1 Å². The van der Waals surface area contributed by atoms with E-state index < -0.39 is 0 Å². The minimum atomic E-state index is -0.352. The molecule has 0 aliphatic rings. The number of hydrogen-bond acceptors (Lipinski definition) is 3. The summed E-state index contributed by atoms with van der Waals surface area (Å²) in [6.45, 7) is 3.46. The van der Waals surface area contributed by atoms with Crippen LogP contribution in [0.5, 0.6) is 0 Å². The normalized spacial score (nSPS) is 9.87. The van der Waals surface area contributed by atoms with Crippen molar-refractivity contribution in [2.24, 2.45) is 0 Å². The van der Waals surface area contributed by atoms with Crippen molar-refractivity contribution in [3.05, 3.63) is 29.1 Å². The maximum Gasteiger partial charge on any atom is 0.325 e. The first-order chi connectivity index (χ1) is 7.04. The van der Waals surface area contributed by atoms with Gasteiger partial charge in [0.25, 0.3) is 0 Å². The van der Waals surface area contributed by atoms with Crippen LogP contribution < -0.4 is 5.32 Å². The van der Waals surface area contributed by atoms with Gasteiger partial charge in [-0.05, 0) is 37.1 Å². The van der Waals surface area contributed by atoms with E-state index in [1.807, 2.05) is 0 Å². The van der Waals surface area contributed by atoms with Crippen LogP contribution in [0.15, 0.2) is 12.1 Å². The van der Waals surface area contributed by atoms with E-state index in [2.05, 4.69) is 10.1 Å². The van der Waals surface area contributed by atoms with Gasteiger partial charge in [-0.25, -0.2) is 4.39 Å². The zero-order valence-electron chi connectivity index (χ0n) is 9.06. The number of anilines is 1. The Kier molecular flexibility index (Phi) is 3.66. The third-order valence-electron chi connectivity index (χ3n) is 2.10. The summed E-state index contributed by atoms with van der Waals surface area (Å²) >= 11 is 0. The number of ether oxygens (including phenoxy) is 1. The van der Waals surface area contributed by atoms with Crippen molar-refractivity contribution in [1.29, 1.82) is 0 Å². The van der Waals surface area contributed by atoms with Crippen LogP contribution in [-0.2, 0) is 9.53 Å². The summed E-state index contributed by atoms with van der Waals surface area (Å²) in [4.78, 5) is 10.9. The van der Waals surface area contributed by atoms with E-state index in [9.17, 15) is 9.18 Å². The molecule has 0 bridgehead atoms. The number of nitrogens with one attached hydrogen (secondary N) is 1. The van der Waals surface area contributed by atoms with Gasteiger partial charge in [-0.2, -0.15) is 0 Å². The average Bonchev–Trinajstić information content (AvgIpc) is 2.22. The van der Waals surface area contributed by atoms with Gasteiger partial charge in [-0.3, -0.25) is 4.79 Å². The molecule has 4 heteroatoms. The zero-order chi connectivity index (χ0) is 11.4. The first kappa shape index (κ1) is 11.5. The van der Waals surface area contributed by atoms with Crippen molar-refractivity contribution in [2.75, 3.05) is 19.0 Å². The second-order valence-electron chi connectivity index (χ2n) is 3.35. The van der Waals surface area contributed by atoms with Crippen LogP contribution in [0.1, 0.15) is 11.1 Å².